The molecule has 0 bridgehead atoms. The summed E-state index contributed by atoms with van der Waals surface area (Å²) >= 11 is 1.75. The number of imidazole rings is 1. The molecule has 0 spiro atoms. The Bertz CT molecular complexity index is 952. The van der Waals surface area contributed by atoms with E-state index in [0.29, 0.717) is 0 Å². The van der Waals surface area contributed by atoms with Crippen molar-refractivity contribution in [1.82, 2.24) is 19.4 Å². The zero-order valence-corrected chi connectivity index (χ0v) is 10.6. The predicted octanol–water partition coefficient (Wildman–Crippen LogP) is 1.66. The van der Waals surface area contributed by atoms with E-state index in [-0.39, 0.29) is 0 Å². The molecule has 1 aliphatic heterocycles. The predicted molar refractivity (Wildman–Crippen MR) is 70.9 cm³/mol. The van der Waals surface area contributed by atoms with Gasteiger partial charge in [-0.3, -0.25) is 4.98 Å². The van der Waals surface area contributed by atoms with E-state index in [1.807, 2.05) is 28.9 Å². The molecule has 4 aromatic rings. The normalized spacial score (nSPS) is 13.1. The zero-order chi connectivity index (χ0) is 12.4. The molecule has 0 saturated heterocycles. The molecule has 0 atom stereocenters. The average molecular weight is 266 g/mol. The summed E-state index contributed by atoms with van der Waals surface area (Å²) in [6.45, 7) is 0.801. The van der Waals surface area contributed by atoms with E-state index in [1.54, 1.807) is 17.5 Å². The molecule has 5 nitrogen and oxygen atoms in total. The molecule has 6 heteroatoms. The third-order valence-electron chi connectivity index (χ3n) is 3.47. The molecule has 5 rings (SSSR count). The zero-order valence-electron chi connectivity index (χ0n) is 9.82. The van der Waals surface area contributed by atoms with E-state index in [0.717, 1.165) is 28.5 Å². The second-order valence-corrected chi connectivity index (χ2v) is 5.50. The maximum Gasteiger partial charge on any atom is 0.364 e. The van der Waals surface area contributed by atoms with Gasteiger partial charge in [0.25, 0.3) is 0 Å². The highest BCUT2D eigenvalue weighted by molar-refractivity contribution is 7.20. The van der Waals surface area contributed by atoms with Crippen molar-refractivity contribution < 1.29 is 4.57 Å². The van der Waals surface area contributed by atoms with Gasteiger partial charge >= 0.3 is 11.4 Å². The summed E-state index contributed by atoms with van der Waals surface area (Å²) in [5.74, 6) is 0.753. The number of aromatic nitrogens is 5. The van der Waals surface area contributed by atoms with Gasteiger partial charge in [-0.2, -0.15) is 4.98 Å². The Labute approximate surface area is 111 Å². The number of hydrogen-bond donors (Lipinski definition) is 0. The topological polar surface area (TPSA) is 47.0 Å². The Kier molecular flexibility index (Phi) is 1.59. The van der Waals surface area contributed by atoms with Crippen LogP contribution in [0.1, 0.15) is 5.69 Å². The largest absolute Gasteiger partial charge is 0.364 e. The highest BCUT2D eigenvalue weighted by atomic mass is 32.1. The summed E-state index contributed by atoms with van der Waals surface area (Å²) in [4.78, 5) is 14.5. The van der Waals surface area contributed by atoms with E-state index in [2.05, 4.69) is 25.6 Å². The van der Waals surface area contributed by atoms with Crippen molar-refractivity contribution in [2.45, 2.75) is 6.54 Å². The van der Waals surface area contributed by atoms with Crippen molar-refractivity contribution in [3.8, 4) is 10.6 Å². The fraction of sp³-hybridized carbons (Fsp3) is 0.0769. The SMILES string of the molecule is c1cnc2c(c1)-c1sc3c(nc4ncccn43)[n+]1C2. The van der Waals surface area contributed by atoms with Crippen molar-refractivity contribution >= 4 is 27.6 Å². The minimum atomic E-state index is 0.753. The van der Waals surface area contributed by atoms with Crippen LogP contribution in [0.25, 0.3) is 26.8 Å². The summed E-state index contributed by atoms with van der Waals surface area (Å²) in [6, 6.07) is 6.04. The van der Waals surface area contributed by atoms with Crippen LogP contribution >= 0.6 is 11.3 Å². The lowest BCUT2D eigenvalue weighted by Gasteiger charge is -1.91. The summed E-state index contributed by atoms with van der Waals surface area (Å²) in [5.41, 5.74) is 3.35. The van der Waals surface area contributed by atoms with Gasteiger partial charge in [0.1, 0.15) is 6.54 Å². The van der Waals surface area contributed by atoms with E-state index in [4.69, 9.17) is 0 Å². The summed E-state index contributed by atoms with van der Waals surface area (Å²) in [6.07, 6.45) is 5.62. The van der Waals surface area contributed by atoms with Crippen molar-refractivity contribution in [3.05, 3.63) is 42.5 Å². The number of nitrogens with zero attached hydrogens (tertiary/aromatic N) is 5. The van der Waals surface area contributed by atoms with Gasteiger partial charge in [-0.15, -0.1) is 0 Å². The van der Waals surface area contributed by atoms with Gasteiger partial charge in [0.15, 0.2) is 5.01 Å². The quantitative estimate of drug-likeness (QED) is 0.400. The molecule has 0 radical (unpaired) electrons. The van der Waals surface area contributed by atoms with Crippen LogP contribution in [0.5, 0.6) is 0 Å². The van der Waals surface area contributed by atoms with Crippen LogP contribution in [-0.2, 0) is 6.54 Å². The van der Waals surface area contributed by atoms with Gasteiger partial charge in [-0.1, -0.05) is 11.3 Å². The maximum atomic E-state index is 4.63. The van der Waals surface area contributed by atoms with Crippen LogP contribution in [-0.4, -0.2) is 19.4 Å². The first kappa shape index (κ1) is 9.57. The molecular formula is C13H8N5S+. The Morgan fingerprint density at radius 1 is 1.21 bits per heavy atom. The third-order valence-corrected chi connectivity index (χ3v) is 4.67. The van der Waals surface area contributed by atoms with Gasteiger partial charge in [0.2, 0.25) is 4.83 Å². The van der Waals surface area contributed by atoms with Gasteiger partial charge in [-0.25, -0.2) is 8.97 Å². The van der Waals surface area contributed by atoms with Crippen LogP contribution < -0.4 is 4.57 Å². The number of fused-ring (bicyclic) bond motifs is 7. The first-order valence-electron chi connectivity index (χ1n) is 6.01. The lowest BCUT2D eigenvalue weighted by molar-refractivity contribution is -0.644. The molecule has 1 aliphatic rings. The number of pyridine rings is 1. The maximum absolute atomic E-state index is 4.63. The van der Waals surface area contributed by atoms with Crippen molar-refractivity contribution in [3.63, 3.8) is 0 Å². The summed E-state index contributed by atoms with van der Waals surface area (Å²) in [5, 5.41) is 1.24. The van der Waals surface area contributed by atoms with Gasteiger partial charge in [0.05, 0.1) is 11.3 Å². The van der Waals surface area contributed by atoms with Crippen LogP contribution in [0.3, 0.4) is 0 Å². The smallest absolute Gasteiger partial charge is 0.256 e. The average Bonchev–Trinajstić information content (AvgIpc) is 3.07. The molecule has 0 aromatic carbocycles. The molecule has 19 heavy (non-hydrogen) atoms. The molecule has 5 heterocycles. The monoisotopic (exact) mass is 266 g/mol. The summed E-state index contributed by atoms with van der Waals surface area (Å²) in [7, 11) is 0. The first-order chi connectivity index (χ1) is 9.42. The van der Waals surface area contributed by atoms with Crippen LogP contribution in [0.15, 0.2) is 36.8 Å². The fourth-order valence-electron chi connectivity index (χ4n) is 2.62. The molecule has 0 fully saturated rings. The van der Waals surface area contributed by atoms with Gasteiger partial charge < -0.3 is 0 Å². The second-order valence-electron chi connectivity index (χ2n) is 4.52. The van der Waals surface area contributed by atoms with Crippen LogP contribution in [0, 0.1) is 0 Å². The highest BCUT2D eigenvalue weighted by Crippen LogP contribution is 2.34. The summed E-state index contributed by atoms with van der Waals surface area (Å²) < 4.78 is 4.27. The van der Waals surface area contributed by atoms with E-state index in [1.165, 1.54) is 10.6 Å². The van der Waals surface area contributed by atoms with Gasteiger partial charge in [0, 0.05) is 23.6 Å². The van der Waals surface area contributed by atoms with Gasteiger partial charge in [-0.05, 0) is 18.2 Å². The molecular weight excluding hydrogens is 258 g/mol. The van der Waals surface area contributed by atoms with E-state index in [9.17, 15) is 0 Å². The molecule has 90 valence electrons. The number of thiazole rings is 1. The van der Waals surface area contributed by atoms with Crippen molar-refractivity contribution in [2.75, 3.05) is 0 Å². The Morgan fingerprint density at radius 2 is 2.16 bits per heavy atom. The van der Waals surface area contributed by atoms with E-state index >= 15 is 0 Å². The molecule has 0 saturated carbocycles. The van der Waals surface area contributed by atoms with Crippen LogP contribution in [0.4, 0.5) is 0 Å². The third kappa shape index (κ3) is 1.09. The molecule has 0 unspecified atom stereocenters. The minimum Gasteiger partial charge on any atom is -0.256 e. The fourth-order valence-corrected chi connectivity index (χ4v) is 3.85. The minimum absolute atomic E-state index is 0.753. The second kappa shape index (κ2) is 3.16. The Balaban J connectivity index is 1.93. The molecule has 0 amide bonds. The Morgan fingerprint density at radius 3 is 3.16 bits per heavy atom. The standard InChI is InChI=1S/C13H8N5S/c1-3-8-9(14-4-1)7-18-10-12(19-11(8)18)17-6-2-5-15-13(17)16-10/h1-6H,7H2/q+1. The molecule has 4 aromatic heterocycles. The lowest BCUT2D eigenvalue weighted by atomic mass is 10.2. The number of rotatable bonds is 0. The Hall–Kier alpha value is -2.34. The lowest BCUT2D eigenvalue weighted by Crippen LogP contribution is -2.30. The van der Waals surface area contributed by atoms with E-state index < -0.39 is 0 Å². The van der Waals surface area contributed by atoms with Crippen molar-refractivity contribution in [1.29, 1.82) is 0 Å². The number of hydrogen-bond acceptors (Lipinski definition) is 4. The van der Waals surface area contributed by atoms with Crippen molar-refractivity contribution in [2.24, 2.45) is 0 Å². The molecule has 0 aliphatic carbocycles. The first-order valence-corrected chi connectivity index (χ1v) is 6.83. The highest BCUT2D eigenvalue weighted by Gasteiger charge is 2.32. The van der Waals surface area contributed by atoms with Crippen LogP contribution in [0.2, 0.25) is 0 Å². The molecule has 0 N–H and O–H groups in total.